The summed E-state index contributed by atoms with van der Waals surface area (Å²) < 4.78 is 38.2. The predicted octanol–water partition coefficient (Wildman–Crippen LogP) is 2.59. The van der Waals surface area contributed by atoms with Gasteiger partial charge in [0.2, 0.25) is 5.91 Å². The molecule has 0 N–H and O–H groups in total. The van der Waals surface area contributed by atoms with Gasteiger partial charge in [-0.1, -0.05) is 19.3 Å². The molecule has 8 nitrogen and oxygen atoms in total. The Balaban J connectivity index is 1.33. The lowest BCUT2D eigenvalue weighted by molar-refractivity contribution is -0.141. The minimum Gasteiger partial charge on any atom is -0.338 e. The second-order valence-electron chi connectivity index (χ2n) is 9.07. The number of alkyl halides is 3. The molecule has 0 radical (unpaired) electrons. The SMILES string of the molecule is CN1C(=O)N(CC(=O)N2CCN(C(=O)c3ccc(C(F)(F)F)cc3)CC2)C(=O)C12CCCCC2. The monoisotopic (exact) mass is 480 g/mol. The van der Waals surface area contributed by atoms with E-state index in [9.17, 15) is 32.3 Å². The number of nitrogens with zero attached hydrogens (tertiary/aromatic N) is 4. The van der Waals surface area contributed by atoms with Crippen LogP contribution in [0.15, 0.2) is 24.3 Å². The van der Waals surface area contributed by atoms with E-state index in [2.05, 4.69) is 0 Å². The molecule has 184 valence electrons. The molecular formula is C23H27F3N4O4. The van der Waals surface area contributed by atoms with Gasteiger partial charge < -0.3 is 14.7 Å². The molecule has 1 aromatic carbocycles. The maximum atomic E-state index is 13.1. The second kappa shape index (κ2) is 8.92. The first-order valence-electron chi connectivity index (χ1n) is 11.4. The molecule has 5 amide bonds. The van der Waals surface area contributed by atoms with Gasteiger partial charge in [-0.2, -0.15) is 13.2 Å². The summed E-state index contributed by atoms with van der Waals surface area (Å²) in [6, 6.07) is 3.56. The Hall–Kier alpha value is -3.11. The minimum absolute atomic E-state index is 0.141. The van der Waals surface area contributed by atoms with Crippen LogP contribution >= 0.6 is 0 Å². The van der Waals surface area contributed by atoms with Crippen molar-refractivity contribution in [3.63, 3.8) is 0 Å². The van der Waals surface area contributed by atoms with Crippen molar-refractivity contribution in [2.24, 2.45) is 0 Å². The van der Waals surface area contributed by atoms with E-state index in [4.69, 9.17) is 0 Å². The lowest BCUT2D eigenvalue weighted by atomic mass is 9.81. The standard InChI is InChI=1S/C23H27F3N4O4/c1-27-21(34)30(20(33)22(27)9-3-2-4-10-22)15-18(31)28-11-13-29(14-12-28)19(32)16-5-7-17(8-6-16)23(24,25)26/h5-8H,2-4,9-15H2,1H3. The van der Waals surface area contributed by atoms with E-state index in [1.807, 2.05) is 0 Å². The molecule has 2 aliphatic heterocycles. The van der Waals surface area contributed by atoms with Crippen LogP contribution in [0.5, 0.6) is 0 Å². The number of benzene rings is 1. The molecule has 1 spiro atoms. The largest absolute Gasteiger partial charge is 0.416 e. The van der Waals surface area contributed by atoms with Gasteiger partial charge in [0.25, 0.3) is 11.8 Å². The van der Waals surface area contributed by atoms with Crippen LogP contribution in [-0.4, -0.2) is 88.7 Å². The van der Waals surface area contributed by atoms with Crippen LogP contribution in [0.25, 0.3) is 0 Å². The molecule has 3 aliphatic rings. The minimum atomic E-state index is -4.48. The summed E-state index contributed by atoms with van der Waals surface area (Å²) in [5.41, 5.74) is -1.53. The van der Waals surface area contributed by atoms with E-state index < -0.39 is 29.2 Å². The summed E-state index contributed by atoms with van der Waals surface area (Å²) in [4.78, 5) is 56.8. The molecule has 0 unspecified atom stereocenters. The summed E-state index contributed by atoms with van der Waals surface area (Å²) >= 11 is 0. The van der Waals surface area contributed by atoms with Gasteiger partial charge in [-0.05, 0) is 37.1 Å². The molecule has 2 saturated heterocycles. The number of rotatable bonds is 3. The van der Waals surface area contributed by atoms with E-state index in [-0.39, 0.29) is 50.1 Å². The molecule has 1 aliphatic carbocycles. The number of halogens is 3. The van der Waals surface area contributed by atoms with Crippen LogP contribution in [0.3, 0.4) is 0 Å². The van der Waals surface area contributed by atoms with Crippen molar-refractivity contribution >= 4 is 23.8 Å². The lowest BCUT2D eigenvalue weighted by Crippen LogP contribution is -2.53. The molecule has 1 saturated carbocycles. The third-order valence-electron chi connectivity index (χ3n) is 7.16. The number of hydrogen-bond donors (Lipinski definition) is 0. The van der Waals surface area contributed by atoms with E-state index in [0.29, 0.717) is 12.8 Å². The number of piperazine rings is 1. The zero-order valence-electron chi connectivity index (χ0n) is 18.9. The van der Waals surface area contributed by atoms with Crippen LogP contribution in [0, 0.1) is 0 Å². The van der Waals surface area contributed by atoms with E-state index >= 15 is 0 Å². The molecule has 11 heteroatoms. The van der Waals surface area contributed by atoms with Crippen LogP contribution in [0.2, 0.25) is 0 Å². The summed E-state index contributed by atoms with van der Waals surface area (Å²) in [6.45, 7) is 0.496. The molecule has 0 atom stereocenters. The van der Waals surface area contributed by atoms with Crippen molar-refractivity contribution in [1.82, 2.24) is 19.6 Å². The third-order valence-corrected chi connectivity index (χ3v) is 7.16. The Kier molecular flexibility index (Phi) is 6.30. The van der Waals surface area contributed by atoms with Crippen molar-refractivity contribution in [2.45, 2.75) is 43.8 Å². The Morgan fingerprint density at radius 3 is 2.03 bits per heavy atom. The number of amides is 5. The molecule has 4 rings (SSSR count). The average molecular weight is 480 g/mol. The molecule has 2 heterocycles. The highest BCUT2D eigenvalue weighted by molar-refractivity contribution is 6.09. The highest BCUT2D eigenvalue weighted by Crippen LogP contribution is 2.39. The second-order valence-corrected chi connectivity index (χ2v) is 9.07. The Labute approximate surface area is 195 Å². The Morgan fingerprint density at radius 1 is 0.912 bits per heavy atom. The first-order chi connectivity index (χ1) is 16.0. The normalized spacial score (nSPS) is 20.9. The van der Waals surface area contributed by atoms with Crippen LogP contribution in [-0.2, 0) is 15.8 Å². The first kappa shape index (κ1) is 24.0. The van der Waals surface area contributed by atoms with Gasteiger partial charge in [0.15, 0.2) is 0 Å². The third kappa shape index (κ3) is 4.23. The highest BCUT2D eigenvalue weighted by Gasteiger charge is 2.56. The molecule has 3 fully saturated rings. The number of carbonyl (C=O) groups excluding carboxylic acids is 4. The van der Waals surface area contributed by atoms with Crippen molar-refractivity contribution in [2.75, 3.05) is 39.8 Å². The fourth-order valence-electron chi connectivity index (χ4n) is 5.05. The van der Waals surface area contributed by atoms with E-state index in [1.54, 1.807) is 7.05 Å². The summed E-state index contributed by atoms with van der Waals surface area (Å²) in [5.74, 6) is -1.10. The van der Waals surface area contributed by atoms with Crippen molar-refractivity contribution in [3.05, 3.63) is 35.4 Å². The molecule has 34 heavy (non-hydrogen) atoms. The van der Waals surface area contributed by atoms with Gasteiger partial charge >= 0.3 is 12.2 Å². The van der Waals surface area contributed by atoms with Gasteiger partial charge in [-0.25, -0.2) is 4.79 Å². The first-order valence-corrected chi connectivity index (χ1v) is 11.4. The van der Waals surface area contributed by atoms with Gasteiger partial charge in [0, 0.05) is 38.8 Å². The topological polar surface area (TPSA) is 81.2 Å². The van der Waals surface area contributed by atoms with Gasteiger partial charge in [-0.15, -0.1) is 0 Å². The van der Waals surface area contributed by atoms with Gasteiger partial charge in [-0.3, -0.25) is 19.3 Å². The van der Waals surface area contributed by atoms with Gasteiger partial charge in [0.1, 0.15) is 12.1 Å². The summed E-state index contributed by atoms with van der Waals surface area (Å²) in [6.07, 6.45) is -0.532. The fraction of sp³-hybridized carbons (Fsp3) is 0.565. The highest BCUT2D eigenvalue weighted by atomic mass is 19.4. The maximum absolute atomic E-state index is 13.1. The number of likely N-dealkylation sites (N-methyl/N-ethyl adjacent to an activating group) is 1. The zero-order chi connectivity index (χ0) is 24.7. The van der Waals surface area contributed by atoms with E-state index in [1.165, 1.54) is 14.7 Å². The predicted molar refractivity (Wildman–Crippen MR) is 115 cm³/mol. The van der Waals surface area contributed by atoms with Crippen molar-refractivity contribution in [3.8, 4) is 0 Å². The van der Waals surface area contributed by atoms with Crippen molar-refractivity contribution < 1.29 is 32.3 Å². The Bertz CT molecular complexity index is 981. The number of imide groups is 1. The molecule has 0 bridgehead atoms. The fourth-order valence-corrected chi connectivity index (χ4v) is 5.05. The Morgan fingerprint density at radius 2 is 1.47 bits per heavy atom. The number of hydrogen-bond acceptors (Lipinski definition) is 4. The van der Waals surface area contributed by atoms with E-state index in [0.717, 1.165) is 48.4 Å². The lowest BCUT2D eigenvalue weighted by Gasteiger charge is -2.36. The quantitative estimate of drug-likeness (QED) is 0.623. The van der Waals surface area contributed by atoms with Crippen LogP contribution < -0.4 is 0 Å². The maximum Gasteiger partial charge on any atom is 0.416 e. The average Bonchev–Trinajstić information content (AvgIpc) is 3.00. The summed E-state index contributed by atoms with van der Waals surface area (Å²) in [7, 11) is 1.61. The smallest absolute Gasteiger partial charge is 0.338 e. The van der Waals surface area contributed by atoms with Crippen molar-refractivity contribution in [1.29, 1.82) is 0 Å². The number of carbonyl (C=O) groups is 4. The van der Waals surface area contributed by atoms with Crippen LogP contribution in [0.4, 0.5) is 18.0 Å². The molecule has 0 aromatic heterocycles. The van der Waals surface area contributed by atoms with Gasteiger partial charge in [0.05, 0.1) is 5.56 Å². The molecule has 1 aromatic rings. The van der Waals surface area contributed by atoms with Crippen LogP contribution in [0.1, 0.15) is 48.0 Å². The number of urea groups is 1. The molecular weight excluding hydrogens is 453 g/mol. The zero-order valence-corrected chi connectivity index (χ0v) is 18.9. The summed E-state index contributed by atoms with van der Waals surface area (Å²) in [5, 5.41) is 0.